The fourth-order valence-corrected chi connectivity index (χ4v) is 0.826. The monoisotopic (exact) mass is 186 g/mol. The number of carbonyl (C=O) groups is 1. The maximum absolute atomic E-state index is 11.4. The van der Waals surface area contributed by atoms with Gasteiger partial charge in [0.25, 0.3) is 0 Å². The van der Waals surface area contributed by atoms with Crippen LogP contribution in [0.4, 0.5) is 0 Å². The Labute approximate surface area is 78.3 Å². The fourth-order valence-electron chi connectivity index (χ4n) is 0.777. The molecule has 68 valence electrons. The van der Waals surface area contributed by atoms with Crippen LogP contribution in [-0.4, -0.2) is 16.9 Å². The van der Waals surface area contributed by atoms with E-state index in [4.69, 9.17) is 17.0 Å². The minimum atomic E-state index is -0.218. The summed E-state index contributed by atoms with van der Waals surface area (Å²) in [6, 6.07) is 0. The third-order valence-electron chi connectivity index (χ3n) is 2.35. The average Bonchev–Trinajstić information content (AvgIpc) is 2.69. The summed E-state index contributed by atoms with van der Waals surface area (Å²) >= 11 is 4.90. The molecular weight excluding hydrogens is 172 g/mol. The topological polar surface area (TPSA) is 26.3 Å². The first-order valence-corrected chi connectivity index (χ1v) is 4.58. The van der Waals surface area contributed by atoms with Gasteiger partial charge in [-0.25, -0.2) is 0 Å². The maximum Gasteiger partial charge on any atom is 0.312 e. The van der Waals surface area contributed by atoms with E-state index in [2.05, 4.69) is 0 Å². The van der Waals surface area contributed by atoms with Crippen molar-refractivity contribution in [3.05, 3.63) is 0 Å². The molecule has 0 saturated heterocycles. The first kappa shape index (κ1) is 9.65. The molecule has 1 aliphatic rings. The Morgan fingerprint density at radius 3 is 2.42 bits per heavy atom. The lowest BCUT2D eigenvalue weighted by Crippen LogP contribution is -2.25. The number of carbonyl (C=O) groups excluding carboxylic acids is 1. The van der Waals surface area contributed by atoms with E-state index in [0.717, 1.165) is 17.7 Å². The van der Waals surface area contributed by atoms with E-state index in [9.17, 15) is 4.79 Å². The van der Waals surface area contributed by atoms with Gasteiger partial charge in [0.05, 0.1) is 5.41 Å². The van der Waals surface area contributed by atoms with Crippen LogP contribution < -0.4 is 0 Å². The Hall–Kier alpha value is -0.440. The van der Waals surface area contributed by atoms with Crippen LogP contribution >= 0.6 is 12.2 Å². The summed E-state index contributed by atoms with van der Waals surface area (Å²) in [6.07, 6.45) is 1.69. The minimum Gasteiger partial charge on any atom is -0.457 e. The van der Waals surface area contributed by atoms with Crippen molar-refractivity contribution in [2.75, 3.05) is 0 Å². The van der Waals surface area contributed by atoms with Gasteiger partial charge in [-0.3, -0.25) is 4.79 Å². The van der Waals surface area contributed by atoms with Crippen molar-refractivity contribution in [3.63, 3.8) is 0 Å². The first-order valence-electron chi connectivity index (χ1n) is 4.17. The molecule has 3 heteroatoms. The normalized spacial score (nSPS) is 21.2. The van der Waals surface area contributed by atoms with Gasteiger partial charge in [-0.05, 0) is 33.6 Å². The Kier molecular flexibility index (Phi) is 2.52. The van der Waals surface area contributed by atoms with Crippen LogP contribution in [0.25, 0.3) is 0 Å². The van der Waals surface area contributed by atoms with Gasteiger partial charge >= 0.3 is 5.97 Å². The molecule has 1 unspecified atom stereocenters. The highest BCUT2D eigenvalue weighted by atomic mass is 32.1. The van der Waals surface area contributed by atoms with Crippen LogP contribution in [0.3, 0.4) is 0 Å². The number of hydrogen-bond donors (Lipinski definition) is 0. The van der Waals surface area contributed by atoms with Gasteiger partial charge in [0.1, 0.15) is 6.10 Å². The van der Waals surface area contributed by atoms with Crippen molar-refractivity contribution in [2.45, 2.75) is 39.7 Å². The molecule has 0 bridgehead atoms. The summed E-state index contributed by atoms with van der Waals surface area (Å²) in [5, 5.41) is 0. The van der Waals surface area contributed by atoms with Gasteiger partial charge in [0, 0.05) is 4.86 Å². The van der Waals surface area contributed by atoms with Crippen LogP contribution in [0.15, 0.2) is 0 Å². The molecule has 0 amide bonds. The summed E-state index contributed by atoms with van der Waals surface area (Å²) in [5.41, 5.74) is -0.195. The second kappa shape index (κ2) is 3.13. The smallest absolute Gasteiger partial charge is 0.312 e. The Morgan fingerprint density at radius 2 is 2.08 bits per heavy atom. The first-order chi connectivity index (χ1) is 5.46. The molecule has 1 atom stereocenters. The molecule has 1 fully saturated rings. The van der Waals surface area contributed by atoms with Crippen molar-refractivity contribution in [1.29, 1.82) is 0 Å². The maximum atomic E-state index is 11.4. The molecule has 0 radical (unpaired) electrons. The summed E-state index contributed by atoms with van der Waals surface area (Å²) in [7, 11) is 0. The largest absolute Gasteiger partial charge is 0.457 e. The van der Waals surface area contributed by atoms with Crippen LogP contribution in [0.5, 0.6) is 0 Å². The highest BCUT2D eigenvalue weighted by Crippen LogP contribution is 2.46. The van der Waals surface area contributed by atoms with Gasteiger partial charge in [-0.15, -0.1) is 0 Å². The van der Waals surface area contributed by atoms with Crippen LogP contribution in [-0.2, 0) is 9.53 Å². The fraction of sp³-hybridized carbons (Fsp3) is 0.778. The van der Waals surface area contributed by atoms with E-state index < -0.39 is 0 Å². The van der Waals surface area contributed by atoms with Gasteiger partial charge in [0.2, 0.25) is 0 Å². The molecule has 2 nitrogen and oxygen atoms in total. The van der Waals surface area contributed by atoms with E-state index in [1.165, 1.54) is 0 Å². The van der Waals surface area contributed by atoms with Gasteiger partial charge < -0.3 is 4.74 Å². The van der Waals surface area contributed by atoms with Crippen molar-refractivity contribution in [3.8, 4) is 0 Å². The lowest BCUT2D eigenvalue weighted by Gasteiger charge is -2.14. The highest BCUT2D eigenvalue weighted by molar-refractivity contribution is 7.80. The second-order valence-electron chi connectivity index (χ2n) is 3.72. The predicted octanol–water partition coefficient (Wildman–Crippen LogP) is 2.11. The number of ether oxygens (including phenoxy) is 1. The molecule has 0 heterocycles. The predicted molar refractivity (Wildman–Crippen MR) is 51.2 cm³/mol. The third-order valence-corrected chi connectivity index (χ3v) is 2.68. The zero-order valence-corrected chi connectivity index (χ0v) is 8.53. The highest BCUT2D eigenvalue weighted by Gasteiger charge is 2.47. The van der Waals surface area contributed by atoms with E-state index in [1.54, 1.807) is 6.92 Å². The molecule has 0 aromatic carbocycles. The van der Waals surface area contributed by atoms with Gasteiger partial charge in [-0.1, -0.05) is 12.2 Å². The molecule has 0 spiro atoms. The average molecular weight is 186 g/mol. The zero-order chi connectivity index (χ0) is 9.35. The second-order valence-corrected chi connectivity index (χ2v) is 4.36. The summed E-state index contributed by atoms with van der Waals surface area (Å²) in [4.78, 5) is 12.1. The molecule has 1 aliphatic carbocycles. The lowest BCUT2D eigenvalue weighted by atomic mass is 10.1. The van der Waals surface area contributed by atoms with E-state index in [-0.39, 0.29) is 17.5 Å². The SMILES string of the molecule is CC(=S)C(C)OC(=O)C1(C)CC1. The molecule has 1 saturated carbocycles. The zero-order valence-electron chi connectivity index (χ0n) is 7.72. The lowest BCUT2D eigenvalue weighted by molar-refractivity contribution is -0.151. The van der Waals surface area contributed by atoms with E-state index in [1.807, 2.05) is 13.8 Å². The number of esters is 1. The standard InChI is InChI=1S/C9H14O2S/c1-6(7(2)12)11-8(10)9(3)4-5-9/h6H,4-5H2,1-3H3. The molecular formula is C9H14O2S. The molecule has 12 heavy (non-hydrogen) atoms. The summed E-state index contributed by atoms with van der Waals surface area (Å²) in [5.74, 6) is -0.0980. The molecule has 0 aromatic heterocycles. The van der Waals surface area contributed by atoms with Crippen LogP contribution in [0, 0.1) is 5.41 Å². The number of rotatable bonds is 3. The quantitative estimate of drug-likeness (QED) is 0.499. The summed E-state index contributed by atoms with van der Waals surface area (Å²) in [6.45, 7) is 5.54. The van der Waals surface area contributed by atoms with Gasteiger partial charge in [0.15, 0.2) is 0 Å². The number of thiocarbonyl (C=S) groups is 1. The van der Waals surface area contributed by atoms with Crippen molar-refractivity contribution in [2.24, 2.45) is 5.41 Å². The van der Waals surface area contributed by atoms with E-state index in [0.29, 0.717) is 0 Å². The van der Waals surface area contributed by atoms with Crippen LogP contribution in [0.2, 0.25) is 0 Å². The van der Waals surface area contributed by atoms with Crippen LogP contribution in [0.1, 0.15) is 33.6 Å². The Bertz CT molecular complexity index is 219. The molecule has 0 N–H and O–H groups in total. The van der Waals surface area contributed by atoms with E-state index >= 15 is 0 Å². The summed E-state index contributed by atoms with van der Waals surface area (Å²) < 4.78 is 5.16. The van der Waals surface area contributed by atoms with Crippen molar-refractivity contribution < 1.29 is 9.53 Å². The number of hydrogen-bond acceptors (Lipinski definition) is 3. The molecule has 1 rings (SSSR count). The van der Waals surface area contributed by atoms with Crippen molar-refractivity contribution >= 4 is 23.1 Å². The Morgan fingerprint density at radius 1 is 1.58 bits per heavy atom. The van der Waals surface area contributed by atoms with Crippen molar-refractivity contribution in [1.82, 2.24) is 0 Å². The minimum absolute atomic E-state index is 0.0980. The molecule has 0 aliphatic heterocycles. The third kappa shape index (κ3) is 2.03. The molecule has 0 aromatic rings. The Balaban J connectivity index is 2.41. The van der Waals surface area contributed by atoms with Gasteiger partial charge in [-0.2, -0.15) is 0 Å².